The predicted molar refractivity (Wildman–Crippen MR) is 61.9 cm³/mol. The van der Waals surface area contributed by atoms with Crippen molar-refractivity contribution in [1.82, 2.24) is 4.90 Å². The quantitative estimate of drug-likeness (QED) is 0.703. The molecule has 0 radical (unpaired) electrons. The van der Waals surface area contributed by atoms with Crippen LogP contribution in [0.25, 0.3) is 0 Å². The Balaban J connectivity index is 4.67. The monoisotopic (exact) mass is 230 g/mol. The van der Waals surface area contributed by atoms with Gasteiger partial charge in [-0.1, -0.05) is 27.2 Å². The summed E-state index contributed by atoms with van der Waals surface area (Å²) in [5, 5.41) is 9.04. The first kappa shape index (κ1) is 14.9. The van der Waals surface area contributed by atoms with Crippen LogP contribution in [0.2, 0.25) is 0 Å². The Bertz CT molecular complexity index is 254. The van der Waals surface area contributed by atoms with Gasteiger partial charge in [-0.2, -0.15) is 0 Å². The van der Waals surface area contributed by atoms with Crippen LogP contribution in [0.4, 0.5) is 0 Å². The number of carboxylic acid groups (broad SMARTS) is 1. The molecule has 5 nitrogen and oxygen atoms in total. The summed E-state index contributed by atoms with van der Waals surface area (Å²) in [6.45, 7) is 5.48. The lowest BCUT2D eigenvalue weighted by molar-refractivity contribution is -0.151. The summed E-state index contributed by atoms with van der Waals surface area (Å²) in [5.41, 5.74) is 5.68. The fourth-order valence-corrected chi connectivity index (χ4v) is 1.73. The summed E-state index contributed by atoms with van der Waals surface area (Å²) in [4.78, 5) is 24.1. The second kappa shape index (κ2) is 6.48. The zero-order chi connectivity index (χ0) is 12.9. The summed E-state index contributed by atoms with van der Waals surface area (Å²) in [7, 11) is 1.50. The second-order valence-electron chi connectivity index (χ2n) is 4.37. The Labute approximate surface area is 96.6 Å². The van der Waals surface area contributed by atoms with Gasteiger partial charge in [0.15, 0.2) is 0 Å². The van der Waals surface area contributed by atoms with Gasteiger partial charge in [-0.15, -0.1) is 0 Å². The van der Waals surface area contributed by atoms with Crippen molar-refractivity contribution < 1.29 is 14.7 Å². The topological polar surface area (TPSA) is 83.6 Å². The van der Waals surface area contributed by atoms with Crippen LogP contribution in [0.3, 0.4) is 0 Å². The third-order valence-electron chi connectivity index (χ3n) is 2.57. The molecule has 0 aromatic heterocycles. The minimum absolute atomic E-state index is 0.139. The van der Waals surface area contributed by atoms with E-state index in [4.69, 9.17) is 10.8 Å². The zero-order valence-electron chi connectivity index (χ0n) is 10.4. The van der Waals surface area contributed by atoms with Crippen LogP contribution in [-0.2, 0) is 9.59 Å². The fraction of sp³-hybridized carbons (Fsp3) is 0.818. The summed E-state index contributed by atoms with van der Waals surface area (Å²) in [6.07, 6.45) is 1.38. The van der Waals surface area contributed by atoms with Crippen LogP contribution in [0.5, 0.6) is 0 Å². The maximum absolute atomic E-state index is 11.8. The van der Waals surface area contributed by atoms with E-state index in [-0.39, 0.29) is 11.8 Å². The van der Waals surface area contributed by atoms with Crippen molar-refractivity contribution in [2.75, 3.05) is 7.05 Å². The van der Waals surface area contributed by atoms with Crippen molar-refractivity contribution >= 4 is 11.9 Å². The molecule has 0 heterocycles. The fourth-order valence-electron chi connectivity index (χ4n) is 1.73. The molecule has 2 atom stereocenters. The molecule has 0 aliphatic rings. The number of carbonyl (C=O) groups is 2. The molecule has 0 aliphatic heterocycles. The lowest BCUT2D eigenvalue weighted by Gasteiger charge is -2.29. The van der Waals surface area contributed by atoms with Gasteiger partial charge in [0, 0.05) is 7.05 Å². The minimum Gasteiger partial charge on any atom is -0.480 e. The smallest absolute Gasteiger partial charge is 0.326 e. The molecular formula is C11H22N2O3. The Morgan fingerprint density at radius 1 is 1.38 bits per heavy atom. The first-order valence-corrected chi connectivity index (χ1v) is 5.57. The van der Waals surface area contributed by atoms with Crippen molar-refractivity contribution in [2.24, 2.45) is 11.7 Å². The van der Waals surface area contributed by atoms with E-state index in [1.807, 2.05) is 6.92 Å². The number of hydrogen-bond acceptors (Lipinski definition) is 3. The summed E-state index contributed by atoms with van der Waals surface area (Å²) < 4.78 is 0. The van der Waals surface area contributed by atoms with Crippen LogP contribution in [-0.4, -0.2) is 41.0 Å². The molecule has 16 heavy (non-hydrogen) atoms. The highest BCUT2D eigenvalue weighted by Crippen LogP contribution is 2.11. The minimum atomic E-state index is -0.991. The van der Waals surface area contributed by atoms with E-state index >= 15 is 0 Å². The number of carbonyl (C=O) groups excluding carboxylic acids is 1. The molecule has 0 bridgehead atoms. The van der Waals surface area contributed by atoms with Gasteiger partial charge in [0.2, 0.25) is 5.91 Å². The maximum atomic E-state index is 11.8. The molecule has 0 saturated carbocycles. The van der Waals surface area contributed by atoms with Crippen LogP contribution < -0.4 is 5.73 Å². The predicted octanol–water partition coefficient (Wildman–Crippen LogP) is 0.681. The molecule has 3 N–H and O–H groups in total. The van der Waals surface area contributed by atoms with E-state index in [9.17, 15) is 9.59 Å². The summed E-state index contributed by atoms with van der Waals surface area (Å²) in [6, 6.07) is -1.41. The molecule has 94 valence electrons. The summed E-state index contributed by atoms with van der Waals surface area (Å²) >= 11 is 0. The van der Waals surface area contributed by atoms with E-state index in [0.29, 0.717) is 6.42 Å². The highest BCUT2D eigenvalue weighted by molar-refractivity contribution is 5.86. The lowest BCUT2D eigenvalue weighted by atomic mass is 10.0. The lowest BCUT2D eigenvalue weighted by Crippen LogP contribution is -2.51. The third kappa shape index (κ3) is 3.81. The molecule has 0 rings (SSSR count). The van der Waals surface area contributed by atoms with Gasteiger partial charge >= 0.3 is 5.97 Å². The third-order valence-corrected chi connectivity index (χ3v) is 2.57. The normalized spacial score (nSPS) is 14.6. The molecule has 0 aliphatic carbocycles. The van der Waals surface area contributed by atoms with E-state index in [2.05, 4.69) is 0 Å². The van der Waals surface area contributed by atoms with Gasteiger partial charge in [0.1, 0.15) is 6.04 Å². The van der Waals surface area contributed by atoms with Crippen molar-refractivity contribution in [1.29, 1.82) is 0 Å². The van der Waals surface area contributed by atoms with E-state index in [1.165, 1.54) is 11.9 Å². The molecule has 0 saturated heterocycles. The van der Waals surface area contributed by atoms with Gasteiger partial charge in [-0.25, -0.2) is 4.79 Å². The van der Waals surface area contributed by atoms with Gasteiger partial charge in [-0.3, -0.25) is 4.79 Å². The molecule has 1 amide bonds. The van der Waals surface area contributed by atoms with Gasteiger partial charge < -0.3 is 15.7 Å². The first-order chi connectivity index (χ1) is 7.32. The maximum Gasteiger partial charge on any atom is 0.326 e. The van der Waals surface area contributed by atoms with Crippen LogP contribution in [0.15, 0.2) is 0 Å². The molecule has 5 heteroatoms. The average Bonchev–Trinajstić information content (AvgIpc) is 2.15. The van der Waals surface area contributed by atoms with E-state index in [0.717, 1.165) is 6.42 Å². The Kier molecular flexibility index (Phi) is 6.03. The number of rotatable bonds is 6. The van der Waals surface area contributed by atoms with Crippen LogP contribution in [0.1, 0.15) is 33.6 Å². The van der Waals surface area contributed by atoms with E-state index < -0.39 is 18.1 Å². The number of nitrogens with two attached hydrogens (primary N) is 1. The number of likely N-dealkylation sites (N-methyl/N-ethyl adjacent to an activating group) is 1. The largest absolute Gasteiger partial charge is 0.480 e. The Morgan fingerprint density at radius 3 is 2.19 bits per heavy atom. The van der Waals surface area contributed by atoms with Gasteiger partial charge in [0.25, 0.3) is 0 Å². The number of hydrogen-bond donors (Lipinski definition) is 2. The van der Waals surface area contributed by atoms with Crippen LogP contribution in [0, 0.1) is 5.92 Å². The van der Waals surface area contributed by atoms with Crippen LogP contribution >= 0.6 is 0 Å². The van der Waals surface area contributed by atoms with Gasteiger partial charge in [0.05, 0.1) is 6.04 Å². The molecule has 1 unspecified atom stereocenters. The molecule has 0 spiro atoms. The second-order valence-corrected chi connectivity index (χ2v) is 4.37. The first-order valence-electron chi connectivity index (χ1n) is 5.57. The number of nitrogens with zero attached hydrogens (tertiary/aromatic N) is 1. The molecule has 0 aromatic rings. The summed E-state index contributed by atoms with van der Waals surface area (Å²) in [5.74, 6) is -1.43. The molecule has 0 fully saturated rings. The Hall–Kier alpha value is -1.10. The number of carboxylic acids is 1. The molecule has 0 aromatic carbocycles. The number of amides is 1. The van der Waals surface area contributed by atoms with E-state index in [1.54, 1.807) is 13.8 Å². The van der Waals surface area contributed by atoms with Crippen molar-refractivity contribution in [3.63, 3.8) is 0 Å². The molecular weight excluding hydrogens is 208 g/mol. The van der Waals surface area contributed by atoms with Crippen molar-refractivity contribution in [3.05, 3.63) is 0 Å². The highest BCUT2D eigenvalue weighted by Gasteiger charge is 2.31. The van der Waals surface area contributed by atoms with Crippen molar-refractivity contribution in [3.8, 4) is 0 Å². The number of aliphatic carboxylic acids is 1. The average molecular weight is 230 g/mol. The SMILES string of the molecule is CCCC(N)C(=O)N(C)[C@H](C(=O)O)C(C)C. The highest BCUT2D eigenvalue weighted by atomic mass is 16.4. The standard InChI is InChI=1S/C11H22N2O3/c1-5-6-8(12)10(14)13(4)9(7(2)3)11(15)16/h7-9H,5-6,12H2,1-4H3,(H,15,16)/t8?,9-/m0/s1. The Morgan fingerprint density at radius 2 is 1.88 bits per heavy atom. The van der Waals surface area contributed by atoms with Gasteiger partial charge in [-0.05, 0) is 12.3 Å². The zero-order valence-corrected chi connectivity index (χ0v) is 10.4. The van der Waals surface area contributed by atoms with Crippen molar-refractivity contribution in [2.45, 2.75) is 45.7 Å².